The zero-order chi connectivity index (χ0) is 14.3. The molecule has 1 N–H and O–H groups in total. The maximum Gasteiger partial charge on any atom is 0.273 e. The van der Waals surface area contributed by atoms with Crippen LogP contribution in [0.25, 0.3) is 5.65 Å². The number of nitrogens with zero attached hydrogens (tertiary/aromatic N) is 3. The van der Waals surface area contributed by atoms with Gasteiger partial charge in [-0.2, -0.15) is 0 Å². The Kier molecular flexibility index (Phi) is 3.20. The van der Waals surface area contributed by atoms with Crippen molar-refractivity contribution in [3.05, 3.63) is 29.5 Å². The largest absolute Gasteiger partial charge is 0.348 e. The summed E-state index contributed by atoms with van der Waals surface area (Å²) < 4.78 is 1.92. The lowest BCUT2D eigenvalue weighted by Gasteiger charge is -2.31. The lowest BCUT2D eigenvalue weighted by Crippen LogP contribution is -2.41. The van der Waals surface area contributed by atoms with Gasteiger partial charge in [0.2, 0.25) is 0 Å². The molecule has 1 aliphatic carbocycles. The van der Waals surface area contributed by atoms with E-state index in [1.165, 1.54) is 19.3 Å². The molecular formula is C15H20N4O. The molecule has 1 saturated carbocycles. The van der Waals surface area contributed by atoms with E-state index in [0.29, 0.717) is 17.3 Å². The molecule has 0 radical (unpaired) electrons. The molecule has 5 nitrogen and oxygen atoms in total. The summed E-state index contributed by atoms with van der Waals surface area (Å²) in [5.41, 5.74) is 2.92. The van der Waals surface area contributed by atoms with E-state index in [9.17, 15) is 4.79 Å². The average Bonchev–Trinajstić information content (AvgIpc) is 2.69. The van der Waals surface area contributed by atoms with Crippen molar-refractivity contribution < 1.29 is 4.79 Å². The van der Waals surface area contributed by atoms with Crippen LogP contribution in [-0.2, 0) is 0 Å². The number of imidazole rings is 1. The van der Waals surface area contributed by atoms with Crippen LogP contribution in [-0.4, -0.2) is 26.3 Å². The van der Waals surface area contributed by atoms with E-state index in [1.807, 2.05) is 24.4 Å². The Morgan fingerprint density at radius 2 is 2.20 bits per heavy atom. The van der Waals surface area contributed by atoms with E-state index in [4.69, 9.17) is 0 Å². The molecule has 0 unspecified atom stereocenters. The highest BCUT2D eigenvalue weighted by Crippen LogP contribution is 2.29. The van der Waals surface area contributed by atoms with Gasteiger partial charge in [0.25, 0.3) is 5.91 Å². The van der Waals surface area contributed by atoms with Crippen LogP contribution in [0.2, 0.25) is 0 Å². The van der Waals surface area contributed by atoms with Gasteiger partial charge in [0.1, 0.15) is 0 Å². The number of aryl methyl sites for hydroxylation is 2. The van der Waals surface area contributed by atoms with Crippen molar-refractivity contribution in [3.8, 4) is 0 Å². The first-order chi connectivity index (χ1) is 9.56. The second kappa shape index (κ2) is 4.89. The van der Waals surface area contributed by atoms with Crippen LogP contribution in [0.5, 0.6) is 0 Å². The Balaban J connectivity index is 1.89. The fraction of sp³-hybridized carbons (Fsp3) is 0.533. The molecule has 2 heterocycles. The highest BCUT2D eigenvalue weighted by Gasteiger charge is 2.26. The molecular weight excluding hydrogens is 252 g/mol. The number of hydrogen-bond donors (Lipinski definition) is 1. The van der Waals surface area contributed by atoms with E-state index in [-0.39, 0.29) is 11.9 Å². The van der Waals surface area contributed by atoms with Gasteiger partial charge in [-0.05, 0) is 39.5 Å². The third-order valence-electron chi connectivity index (χ3n) is 4.23. The molecule has 20 heavy (non-hydrogen) atoms. The Hall–Kier alpha value is -1.91. The summed E-state index contributed by atoms with van der Waals surface area (Å²) in [6.07, 6.45) is 7.34. The molecule has 2 aromatic rings. The average molecular weight is 272 g/mol. The number of nitrogens with one attached hydrogen (secondary N) is 1. The standard InChI is InChI=1S/C15H20N4O/c1-9-8-19-10(2)7-16-13(14(19)17-9)15(20)18-11(3)12-5-4-6-12/h7-8,11-12H,4-6H2,1-3H3,(H,18,20)/t11-/m1/s1. The van der Waals surface area contributed by atoms with Gasteiger partial charge in [-0.15, -0.1) is 0 Å². The Morgan fingerprint density at radius 1 is 1.45 bits per heavy atom. The number of rotatable bonds is 3. The van der Waals surface area contributed by atoms with Crippen molar-refractivity contribution in [3.63, 3.8) is 0 Å². The third-order valence-corrected chi connectivity index (χ3v) is 4.23. The zero-order valence-electron chi connectivity index (χ0n) is 12.2. The van der Waals surface area contributed by atoms with E-state index in [2.05, 4.69) is 22.2 Å². The summed E-state index contributed by atoms with van der Waals surface area (Å²) in [6.45, 7) is 5.95. The molecule has 0 aromatic carbocycles. The van der Waals surface area contributed by atoms with E-state index < -0.39 is 0 Å². The van der Waals surface area contributed by atoms with Crippen LogP contribution in [0.1, 0.15) is 48.1 Å². The van der Waals surface area contributed by atoms with Crippen LogP contribution in [0, 0.1) is 19.8 Å². The van der Waals surface area contributed by atoms with Crippen molar-refractivity contribution in [2.24, 2.45) is 5.92 Å². The van der Waals surface area contributed by atoms with E-state index in [1.54, 1.807) is 6.20 Å². The minimum atomic E-state index is -0.125. The molecule has 0 bridgehead atoms. The Bertz CT molecular complexity index is 657. The molecule has 5 heteroatoms. The van der Waals surface area contributed by atoms with Crippen LogP contribution in [0.3, 0.4) is 0 Å². The predicted molar refractivity (Wildman–Crippen MR) is 76.7 cm³/mol. The van der Waals surface area contributed by atoms with Gasteiger partial charge < -0.3 is 9.72 Å². The molecule has 0 saturated heterocycles. The molecule has 3 rings (SSSR count). The predicted octanol–water partition coefficient (Wildman–Crippen LogP) is 2.26. The molecule has 0 aliphatic heterocycles. The van der Waals surface area contributed by atoms with Gasteiger partial charge in [0.15, 0.2) is 11.3 Å². The van der Waals surface area contributed by atoms with Crippen molar-refractivity contribution in [2.75, 3.05) is 0 Å². The van der Waals surface area contributed by atoms with Crippen LogP contribution in [0.4, 0.5) is 0 Å². The number of fused-ring (bicyclic) bond motifs is 1. The lowest BCUT2D eigenvalue weighted by atomic mass is 9.80. The fourth-order valence-electron chi connectivity index (χ4n) is 2.70. The minimum Gasteiger partial charge on any atom is -0.348 e. The second-order valence-corrected chi connectivity index (χ2v) is 5.78. The van der Waals surface area contributed by atoms with Crippen LogP contribution in [0.15, 0.2) is 12.4 Å². The summed E-state index contributed by atoms with van der Waals surface area (Å²) in [7, 11) is 0. The van der Waals surface area contributed by atoms with Crippen molar-refractivity contribution in [2.45, 2.75) is 46.1 Å². The molecule has 2 aromatic heterocycles. The molecule has 106 valence electrons. The highest BCUT2D eigenvalue weighted by atomic mass is 16.2. The fourth-order valence-corrected chi connectivity index (χ4v) is 2.70. The SMILES string of the molecule is Cc1cn2c(C)cnc(C(=O)N[C@H](C)C3CCC3)c2n1. The number of hydrogen-bond acceptors (Lipinski definition) is 3. The first-order valence-corrected chi connectivity index (χ1v) is 7.18. The maximum absolute atomic E-state index is 12.4. The van der Waals surface area contributed by atoms with Gasteiger partial charge in [0, 0.05) is 24.1 Å². The van der Waals surface area contributed by atoms with E-state index >= 15 is 0 Å². The maximum atomic E-state index is 12.4. The number of amides is 1. The quantitative estimate of drug-likeness (QED) is 0.932. The summed E-state index contributed by atoms with van der Waals surface area (Å²) in [6, 6.07) is 0.204. The second-order valence-electron chi connectivity index (χ2n) is 5.78. The first-order valence-electron chi connectivity index (χ1n) is 7.18. The topological polar surface area (TPSA) is 59.3 Å². The van der Waals surface area contributed by atoms with Gasteiger partial charge in [-0.1, -0.05) is 6.42 Å². The first kappa shape index (κ1) is 13.1. The molecule has 1 aliphatic rings. The monoisotopic (exact) mass is 272 g/mol. The third kappa shape index (κ3) is 2.17. The van der Waals surface area contributed by atoms with Gasteiger partial charge >= 0.3 is 0 Å². The highest BCUT2D eigenvalue weighted by molar-refractivity contribution is 5.98. The normalized spacial score (nSPS) is 16.9. The molecule has 0 spiro atoms. The molecule has 1 atom stereocenters. The van der Waals surface area contributed by atoms with Gasteiger partial charge in [-0.3, -0.25) is 4.79 Å². The lowest BCUT2D eigenvalue weighted by molar-refractivity contribution is 0.0905. The number of carbonyl (C=O) groups excluding carboxylic acids is 1. The summed E-state index contributed by atoms with van der Waals surface area (Å²) in [4.78, 5) is 21.1. The van der Waals surface area contributed by atoms with Gasteiger partial charge in [-0.25, -0.2) is 9.97 Å². The van der Waals surface area contributed by atoms with Crippen molar-refractivity contribution >= 4 is 11.6 Å². The molecule has 1 fully saturated rings. The zero-order valence-corrected chi connectivity index (χ0v) is 12.2. The van der Waals surface area contributed by atoms with Crippen molar-refractivity contribution in [1.82, 2.24) is 19.7 Å². The smallest absolute Gasteiger partial charge is 0.273 e. The van der Waals surface area contributed by atoms with Gasteiger partial charge in [0.05, 0.1) is 5.69 Å². The van der Waals surface area contributed by atoms with Crippen LogP contribution < -0.4 is 5.32 Å². The number of aromatic nitrogens is 3. The Labute approximate surface area is 118 Å². The summed E-state index contributed by atoms with van der Waals surface area (Å²) in [5.74, 6) is 0.488. The molecule has 1 amide bonds. The van der Waals surface area contributed by atoms with Crippen LogP contribution >= 0.6 is 0 Å². The van der Waals surface area contributed by atoms with Crippen molar-refractivity contribution in [1.29, 1.82) is 0 Å². The summed E-state index contributed by atoms with van der Waals surface area (Å²) >= 11 is 0. The minimum absolute atomic E-state index is 0.125. The Morgan fingerprint density at radius 3 is 2.85 bits per heavy atom. The summed E-state index contributed by atoms with van der Waals surface area (Å²) in [5, 5.41) is 3.06. The van der Waals surface area contributed by atoms with E-state index in [0.717, 1.165) is 11.4 Å². The number of carbonyl (C=O) groups is 1.